The second-order valence-corrected chi connectivity index (χ2v) is 9.23. The number of rotatable bonds is 8. The molecule has 0 aliphatic heterocycles. The number of nitriles is 1. The van der Waals surface area contributed by atoms with Crippen molar-refractivity contribution in [2.24, 2.45) is 5.73 Å². The molecule has 12 heteroatoms. The van der Waals surface area contributed by atoms with Crippen LogP contribution in [0.15, 0.2) is 48.9 Å². The Labute approximate surface area is 217 Å². The van der Waals surface area contributed by atoms with Crippen molar-refractivity contribution < 1.29 is 19.1 Å². The normalized spacial score (nSPS) is 12.1. The topological polar surface area (TPSA) is 171 Å². The van der Waals surface area contributed by atoms with E-state index in [1.54, 1.807) is 41.8 Å². The van der Waals surface area contributed by atoms with Crippen LogP contribution in [0, 0.1) is 18.3 Å². The summed E-state index contributed by atoms with van der Waals surface area (Å²) in [5.74, 6) is -0.913. The van der Waals surface area contributed by atoms with Gasteiger partial charge in [0.2, 0.25) is 0 Å². The van der Waals surface area contributed by atoms with Gasteiger partial charge in [0.05, 0.1) is 57.6 Å². The summed E-state index contributed by atoms with van der Waals surface area (Å²) in [6, 6.07) is 10.5. The highest BCUT2D eigenvalue weighted by Gasteiger charge is 2.27. The summed E-state index contributed by atoms with van der Waals surface area (Å²) in [6.45, 7) is 3.91. The number of nitrogens with one attached hydrogen (secondary N) is 2. The number of pyridine rings is 2. The van der Waals surface area contributed by atoms with Gasteiger partial charge in [-0.1, -0.05) is 0 Å². The number of amides is 2. The summed E-state index contributed by atoms with van der Waals surface area (Å²) in [4.78, 5) is 33.2. The van der Waals surface area contributed by atoms with Gasteiger partial charge in [0, 0.05) is 12.4 Å². The van der Waals surface area contributed by atoms with Gasteiger partial charge in [0.15, 0.2) is 0 Å². The number of anilines is 2. The first kappa shape index (κ1) is 26.2. The van der Waals surface area contributed by atoms with Crippen molar-refractivity contribution in [3.8, 4) is 17.5 Å². The molecule has 0 unspecified atom stereocenters. The van der Waals surface area contributed by atoms with Gasteiger partial charge in [-0.2, -0.15) is 10.4 Å². The van der Waals surface area contributed by atoms with Crippen molar-refractivity contribution in [1.29, 1.82) is 5.26 Å². The van der Waals surface area contributed by atoms with Gasteiger partial charge in [-0.05, 0) is 56.7 Å². The van der Waals surface area contributed by atoms with Crippen molar-refractivity contribution in [3.05, 3.63) is 71.2 Å². The van der Waals surface area contributed by atoms with E-state index < -0.39 is 30.1 Å². The number of nitrogens with zero attached hydrogens (tertiary/aromatic N) is 5. The third-order valence-corrected chi connectivity index (χ3v) is 5.89. The Morgan fingerprint density at radius 1 is 1.18 bits per heavy atom. The van der Waals surface area contributed by atoms with Crippen LogP contribution < -0.4 is 16.4 Å². The van der Waals surface area contributed by atoms with Gasteiger partial charge in [-0.15, -0.1) is 0 Å². The Morgan fingerprint density at radius 3 is 2.58 bits per heavy atom. The van der Waals surface area contributed by atoms with E-state index in [-0.39, 0.29) is 11.1 Å². The number of aryl methyl sites for hydroxylation is 1. The van der Waals surface area contributed by atoms with Gasteiger partial charge < -0.3 is 21.5 Å². The van der Waals surface area contributed by atoms with Crippen molar-refractivity contribution >= 4 is 28.8 Å². The fourth-order valence-corrected chi connectivity index (χ4v) is 3.68. The van der Waals surface area contributed by atoms with E-state index in [0.717, 1.165) is 0 Å². The molecule has 0 fully saturated rings. The second-order valence-electron chi connectivity index (χ2n) is 9.23. The fourth-order valence-electron chi connectivity index (χ4n) is 3.68. The van der Waals surface area contributed by atoms with E-state index in [1.807, 2.05) is 6.07 Å². The van der Waals surface area contributed by atoms with Crippen LogP contribution >= 0.6 is 0 Å². The summed E-state index contributed by atoms with van der Waals surface area (Å²) in [5.41, 5.74) is 7.10. The van der Waals surface area contributed by atoms with Crippen LogP contribution in [0.4, 0.5) is 15.9 Å². The zero-order chi connectivity index (χ0) is 27.6. The van der Waals surface area contributed by atoms with Crippen molar-refractivity contribution in [2.75, 3.05) is 11.9 Å². The van der Waals surface area contributed by atoms with Crippen LogP contribution in [0.25, 0.3) is 16.9 Å². The molecule has 4 aromatic rings. The van der Waals surface area contributed by atoms with Gasteiger partial charge in [-0.3, -0.25) is 14.6 Å². The van der Waals surface area contributed by atoms with E-state index in [4.69, 9.17) is 11.0 Å². The van der Waals surface area contributed by atoms with Crippen LogP contribution in [-0.2, 0) is 0 Å². The average Bonchev–Trinajstić information content (AvgIpc) is 3.29. The van der Waals surface area contributed by atoms with Crippen LogP contribution in [0.1, 0.15) is 45.7 Å². The molecule has 2 amide bonds. The predicted molar refractivity (Wildman–Crippen MR) is 137 cm³/mol. The highest BCUT2D eigenvalue weighted by atomic mass is 19.1. The van der Waals surface area contributed by atoms with Crippen molar-refractivity contribution in [3.63, 3.8) is 0 Å². The third kappa shape index (κ3) is 5.42. The Morgan fingerprint density at radius 2 is 1.92 bits per heavy atom. The SMILES string of the molecule is Cc1cc(Nc2cc(-c3ccc4cc(C#N)cnn34)ncc2C(=O)NC[C@@H](F)C(C)(C)O)ncc1C(N)=O. The molecule has 38 heavy (non-hydrogen) atoms. The molecule has 0 saturated heterocycles. The molecule has 11 nitrogen and oxygen atoms in total. The molecular weight excluding hydrogens is 491 g/mol. The van der Waals surface area contributed by atoms with Gasteiger partial charge >= 0.3 is 0 Å². The van der Waals surface area contributed by atoms with Gasteiger partial charge in [0.25, 0.3) is 11.8 Å². The Kier molecular flexibility index (Phi) is 7.05. The maximum absolute atomic E-state index is 14.3. The van der Waals surface area contributed by atoms with Crippen LogP contribution in [-0.4, -0.2) is 54.8 Å². The molecule has 0 aliphatic carbocycles. The Bertz CT molecular complexity index is 1590. The number of halogens is 1. The van der Waals surface area contributed by atoms with E-state index >= 15 is 0 Å². The molecule has 5 N–H and O–H groups in total. The minimum Gasteiger partial charge on any atom is -0.387 e. The van der Waals surface area contributed by atoms with E-state index in [0.29, 0.717) is 39.5 Å². The van der Waals surface area contributed by atoms with Crippen molar-refractivity contribution in [1.82, 2.24) is 24.9 Å². The van der Waals surface area contributed by atoms with Crippen molar-refractivity contribution in [2.45, 2.75) is 32.5 Å². The Hall–Kier alpha value is -4.89. The monoisotopic (exact) mass is 516 g/mol. The molecule has 4 rings (SSSR count). The zero-order valence-corrected chi connectivity index (χ0v) is 20.9. The molecule has 4 heterocycles. The number of aromatic nitrogens is 4. The number of hydrogen-bond acceptors (Lipinski definition) is 8. The number of aliphatic hydroxyl groups is 1. The maximum atomic E-state index is 14.3. The standard InChI is InChI=1S/C26H25FN8O3/c1-14-6-23(31-11-17(14)24(29)36)34-19-8-20(21-5-4-16-7-15(9-28)10-33-35(16)21)30-12-18(19)25(37)32-13-22(27)26(2,3)38/h4-8,10-12,22,38H,13H2,1-3H3,(H2,29,36)(H,32,37)(H,30,31,34)/t22-/m1/s1. The highest BCUT2D eigenvalue weighted by molar-refractivity contribution is 6.00. The van der Waals surface area contributed by atoms with Gasteiger partial charge in [0.1, 0.15) is 18.1 Å². The summed E-state index contributed by atoms with van der Waals surface area (Å²) < 4.78 is 15.9. The number of alkyl halides is 1. The largest absolute Gasteiger partial charge is 0.387 e. The molecule has 194 valence electrons. The molecule has 0 bridgehead atoms. The number of primary amides is 1. The number of hydrogen-bond donors (Lipinski definition) is 4. The molecule has 4 aromatic heterocycles. The minimum absolute atomic E-state index is 0.0933. The maximum Gasteiger partial charge on any atom is 0.255 e. The minimum atomic E-state index is -1.70. The summed E-state index contributed by atoms with van der Waals surface area (Å²) in [5, 5.41) is 28.8. The Balaban J connectivity index is 1.73. The molecular formula is C26H25FN8O3. The number of fused-ring (bicyclic) bond motifs is 1. The third-order valence-electron chi connectivity index (χ3n) is 5.89. The molecule has 0 radical (unpaired) electrons. The second kappa shape index (κ2) is 10.2. The molecule has 0 spiro atoms. The molecule has 0 saturated carbocycles. The highest BCUT2D eigenvalue weighted by Crippen LogP contribution is 2.28. The molecule has 1 atom stereocenters. The summed E-state index contributed by atoms with van der Waals surface area (Å²) in [6.07, 6.45) is 2.39. The van der Waals surface area contributed by atoms with E-state index in [9.17, 15) is 19.1 Å². The first-order valence-corrected chi connectivity index (χ1v) is 11.5. The van der Waals surface area contributed by atoms with Crippen LogP contribution in [0.2, 0.25) is 0 Å². The van der Waals surface area contributed by atoms with E-state index in [2.05, 4.69) is 25.7 Å². The first-order chi connectivity index (χ1) is 18.0. The first-order valence-electron chi connectivity index (χ1n) is 11.5. The van der Waals surface area contributed by atoms with Crippen LogP contribution in [0.3, 0.4) is 0 Å². The lowest BCUT2D eigenvalue weighted by atomic mass is 10.0. The number of nitrogens with two attached hydrogens (primary N) is 1. The molecule has 0 aromatic carbocycles. The van der Waals surface area contributed by atoms with Crippen LogP contribution in [0.5, 0.6) is 0 Å². The predicted octanol–water partition coefficient (Wildman–Crippen LogP) is 2.65. The van der Waals surface area contributed by atoms with E-state index in [1.165, 1.54) is 32.4 Å². The molecule has 0 aliphatic rings. The quantitative estimate of drug-likeness (QED) is 0.277. The zero-order valence-electron chi connectivity index (χ0n) is 20.9. The smallest absolute Gasteiger partial charge is 0.255 e. The lowest BCUT2D eigenvalue weighted by Gasteiger charge is -2.22. The number of carbonyl (C=O) groups excluding carboxylic acids is 2. The fraction of sp³-hybridized carbons (Fsp3) is 0.231. The summed E-state index contributed by atoms with van der Waals surface area (Å²) in [7, 11) is 0. The lowest BCUT2D eigenvalue weighted by Crippen LogP contribution is -2.42. The number of carbonyl (C=O) groups is 2. The van der Waals surface area contributed by atoms with Gasteiger partial charge in [-0.25, -0.2) is 13.9 Å². The average molecular weight is 517 g/mol. The summed E-state index contributed by atoms with van der Waals surface area (Å²) >= 11 is 0. The lowest BCUT2D eigenvalue weighted by molar-refractivity contribution is -0.00177.